The maximum Gasteiger partial charge on any atom is 0.335 e. The number of aromatic carboxylic acids is 1. The Morgan fingerprint density at radius 2 is 1.48 bits per heavy atom. The molecule has 8 heteroatoms. The number of rotatable bonds is 4. The summed E-state index contributed by atoms with van der Waals surface area (Å²) in [5.74, 6) is -2.75. The summed E-state index contributed by atoms with van der Waals surface area (Å²) in [6.07, 6.45) is -1.00. The van der Waals surface area contributed by atoms with E-state index >= 15 is 0 Å². The second-order valence-corrected chi connectivity index (χ2v) is 8.51. The topological polar surface area (TPSA) is 87.2 Å². The molecule has 5 rings (SSSR count). The highest BCUT2D eigenvalue weighted by Crippen LogP contribution is 2.47. The van der Waals surface area contributed by atoms with Crippen LogP contribution in [-0.4, -0.2) is 29.0 Å². The summed E-state index contributed by atoms with van der Waals surface area (Å²) in [5.41, 5.74) is 2.97. The van der Waals surface area contributed by atoms with Crippen LogP contribution in [0.1, 0.15) is 27.5 Å². The number of hydroxylamine groups is 1. The van der Waals surface area contributed by atoms with Crippen LogP contribution in [0.4, 0.5) is 11.4 Å². The van der Waals surface area contributed by atoms with Crippen LogP contribution in [0.5, 0.6) is 0 Å². The van der Waals surface area contributed by atoms with Crippen LogP contribution in [0.15, 0.2) is 72.8 Å². The molecule has 0 radical (unpaired) electrons. The van der Waals surface area contributed by atoms with Crippen LogP contribution in [0.3, 0.4) is 0 Å². The summed E-state index contributed by atoms with van der Waals surface area (Å²) in [6, 6.07) is 19.8. The number of carbonyl (C=O) groups is 3. The van der Waals surface area contributed by atoms with Gasteiger partial charge in [0.05, 0.1) is 23.0 Å². The average Bonchev–Trinajstić information content (AvgIpc) is 3.31. The number of imide groups is 1. The quantitative estimate of drug-likeness (QED) is 0.578. The Balaban J connectivity index is 1.55. The molecule has 2 aliphatic rings. The van der Waals surface area contributed by atoms with Crippen molar-refractivity contribution in [1.82, 2.24) is 0 Å². The van der Waals surface area contributed by atoms with E-state index in [9.17, 15) is 14.4 Å². The van der Waals surface area contributed by atoms with Gasteiger partial charge in [-0.25, -0.2) is 14.8 Å². The lowest BCUT2D eigenvalue weighted by molar-refractivity contribution is -0.126. The second kappa shape index (κ2) is 8.03. The Bertz CT molecular complexity index is 1240. The summed E-state index contributed by atoms with van der Waals surface area (Å²) in [7, 11) is 0. The van der Waals surface area contributed by atoms with Crippen molar-refractivity contribution in [1.29, 1.82) is 0 Å². The molecule has 0 aromatic heterocycles. The van der Waals surface area contributed by atoms with E-state index in [-0.39, 0.29) is 5.56 Å². The van der Waals surface area contributed by atoms with Gasteiger partial charge in [-0.15, -0.1) is 0 Å². The van der Waals surface area contributed by atoms with Gasteiger partial charge < -0.3 is 5.11 Å². The molecule has 0 saturated carbocycles. The molecule has 0 bridgehead atoms. The normalized spacial score (nSPS) is 22.1. The van der Waals surface area contributed by atoms with E-state index in [1.54, 1.807) is 17.2 Å². The molecule has 2 heterocycles. The van der Waals surface area contributed by atoms with Crippen LogP contribution in [0.25, 0.3) is 0 Å². The molecule has 0 unspecified atom stereocenters. The summed E-state index contributed by atoms with van der Waals surface area (Å²) >= 11 is 6.07. The van der Waals surface area contributed by atoms with Crippen LogP contribution in [0, 0.1) is 12.8 Å². The fourth-order valence-electron chi connectivity index (χ4n) is 4.34. The lowest BCUT2D eigenvalue weighted by atomic mass is 9.90. The van der Waals surface area contributed by atoms with E-state index in [1.165, 1.54) is 24.3 Å². The molecule has 2 fully saturated rings. The van der Waals surface area contributed by atoms with E-state index in [0.29, 0.717) is 10.7 Å². The van der Waals surface area contributed by atoms with E-state index in [1.807, 2.05) is 43.3 Å². The lowest BCUT2D eigenvalue weighted by Gasteiger charge is -2.29. The van der Waals surface area contributed by atoms with E-state index in [0.717, 1.165) is 21.7 Å². The first-order chi connectivity index (χ1) is 15.8. The predicted molar refractivity (Wildman–Crippen MR) is 122 cm³/mol. The second-order valence-electron chi connectivity index (χ2n) is 8.07. The maximum absolute atomic E-state index is 13.6. The molecule has 3 aromatic carbocycles. The first-order valence-electron chi connectivity index (χ1n) is 10.3. The van der Waals surface area contributed by atoms with Crippen molar-refractivity contribution in [2.24, 2.45) is 5.92 Å². The fourth-order valence-corrected chi connectivity index (χ4v) is 4.46. The van der Waals surface area contributed by atoms with Gasteiger partial charge in [-0.2, -0.15) is 0 Å². The minimum absolute atomic E-state index is 0.0684. The lowest BCUT2D eigenvalue weighted by Crippen LogP contribution is -2.37. The van der Waals surface area contributed by atoms with Gasteiger partial charge in [0.15, 0.2) is 6.10 Å². The van der Waals surface area contributed by atoms with Crippen molar-refractivity contribution in [3.63, 3.8) is 0 Å². The zero-order valence-electron chi connectivity index (χ0n) is 17.5. The maximum atomic E-state index is 13.6. The highest BCUT2D eigenvalue weighted by molar-refractivity contribution is 6.30. The monoisotopic (exact) mass is 462 g/mol. The van der Waals surface area contributed by atoms with Crippen molar-refractivity contribution < 1.29 is 24.3 Å². The molecular formula is C25H19ClN2O5. The molecule has 2 aliphatic heterocycles. The number of fused-ring (bicyclic) bond motifs is 1. The third kappa shape index (κ3) is 3.55. The number of carboxylic acid groups (broad SMARTS) is 1. The number of halogens is 1. The SMILES string of the molecule is Cc1ccc(N2O[C@H]3C(=O)N(c4ccc(C(=O)O)cc4)C(=O)[C@H]3[C@@H]2c2ccc(Cl)cc2)cc1. The van der Waals surface area contributed by atoms with Crippen LogP contribution in [-0.2, 0) is 14.4 Å². The Kier molecular flexibility index (Phi) is 5.15. The van der Waals surface area contributed by atoms with Crippen molar-refractivity contribution in [3.05, 3.63) is 94.5 Å². The van der Waals surface area contributed by atoms with Crippen LogP contribution in [0.2, 0.25) is 5.02 Å². The molecule has 0 aliphatic carbocycles. The van der Waals surface area contributed by atoms with Gasteiger partial charge in [-0.3, -0.25) is 14.4 Å². The Labute approximate surface area is 194 Å². The predicted octanol–water partition coefficient (Wildman–Crippen LogP) is 4.40. The van der Waals surface area contributed by atoms with Crippen molar-refractivity contribution in [3.8, 4) is 0 Å². The largest absolute Gasteiger partial charge is 0.478 e. The molecule has 1 N–H and O–H groups in total. The molecule has 0 spiro atoms. The highest BCUT2D eigenvalue weighted by Gasteiger charge is 2.60. The zero-order chi connectivity index (χ0) is 23.3. The zero-order valence-corrected chi connectivity index (χ0v) is 18.3. The van der Waals surface area contributed by atoms with Crippen molar-refractivity contribution in [2.45, 2.75) is 19.1 Å². The summed E-state index contributed by atoms with van der Waals surface area (Å²) in [5, 5.41) is 11.3. The first kappa shape index (κ1) is 21.2. The molecule has 3 atom stereocenters. The van der Waals surface area contributed by atoms with Gasteiger partial charge in [0.25, 0.3) is 5.91 Å². The Morgan fingerprint density at radius 1 is 0.879 bits per heavy atom. The number of aryl methyl sites for hydroxylation is 1. The third-order valence-electron chi connectivity index (χ3n) is 5.99. The average molecular weight is 463 g/mol. The van der Waals surface area contributed by atoms with Gasteiger partial charge in [0, 0.05) is 5.02 Å². The molecular weight excluding hydrogens is 444 g/mol. The van der Waals surface area contributed by atoms with Crippen LogP contribution >= 0.6 is 11.6 Å². The molecule has 7 nitrogen and oxygen atoms in total. The molecule has 166 valence electrons. The number of benzene rings is 3. The summed E-state index contributed by atoms with van der Waals surface area (Å²) < 4.78 is 0. The fraction of sp³-hybridized carbons (Fsp3) is 0.160. The van der Waals surface area contributed by atoms with Gasteiger partial charge in [-0.1, -0.05) is 41.4 Å². The van der Waals surface area contributed by atoms with E-state index in [2.05, 4.69) is 0 Å². The highest BCUT2D eigenvalue weighted by atomic mass is 35.5. The van der Waals surface area contributed by atoms with Crippen molar-refractivity contribution >= 4 is 40.8 Å². The third-order valence-corrected chi connectivity index (χ3v) is 6.24. The van der Waals surface area contributed by atoms with Gasteiger partial charge in [-0.05, 0) is 61.0 Å². The minimum Gasteiger partial charge on any atom is -0.478 e. The Morgan fingerprint density at radius 3 is 2.09 bits per heavy atom. The number of carboxylic acids is 1. The van der Waals surface area contributed by atoms with Gasteiger partial charge >= 0.3 is 5.97 Å². The van der Waals surface area contributed by atoms with Crippen molar-refractivity contribution in [2.75, 3.05) is 9.96 Å². The summed E-state index contributed by atoms with van der Waals surface area (Å²) in [4.78, 5) is 45.2. The number of nitrogens with zero attached hydrogens (tertiary/aromatic N) is 2. The smallest absolute Gasteiger partial charge is 0.335 e. The number of anilines is 2. The van der Waals surface area contributed by atoms with Gasteiger partial charge in [0.2, 0.25) is 5.91 Å². The summed E-state index contributed by atoms with van der Waals surface area (Å²) in [6.45, 7) is 1.97. The van der Waals surface area contributed by atoms with E-state index in [4.69, 9.17) is 21.5 Å². The molecule has 2 saturated heterocycles. The number of carbonyl (C=O) groups excluding carboxylic acids is 2. The number of hydrogen-bond acceptors (Lipinski definition) is 5. The number of hydrogen-bond donors (Lipinski definition) is 1. The first-order valence-corrected chi connectivity index (χ1v) is 10.7. The number of amides is 2. The molecule has 2 amide bonds. The molecule has 33 heavy (non-hydrogen) atoms. The van der Waals surface area contributed by atoms with Gasteiger partial charge in [0.1, 0.15) is 5.92 Å². The Hall–Kier alpha value is -3.68. The standard InChI is InChI=1S/C25H19ClN2O5/c1-14-2-10-19(11-3-14)28-21(15-4-8-17(26)9-5-15)20-22(33-28)24(30)27(23(20)29)18-12-6-16(7-13-18)25(31)32/h2-13,20-22H,1H3,(H,31,32)/t20-,21-,22+/m0/s1. The van der Waals surface area contributed by atoms with E-state index < -0.39 is 35.8 Å². The molecule has 3 aromatic rings. The minimum atomic E-state index is -1.09. The van der Waals surface area contributed by atoms with Crippen LogP contribution < -0.4 is 9.96 Å².